The zero-order valence-electron chi connectivity index (χ0n) is 12.9. The van der Waals surface area contributed by atoms with Gasteiger partial charge in [0.1, 0.15) is 11.5 Å². The Morgan fingerprint density at radius 3 is 2.42 bits per heavy atom. The Bertz CT molecular complexity index is 447. The molecule has 106 valence electrons. The van der Waals surface area contributed by atoms with Crippen molar-refractivity contribution in [2.45, 2.75) is 39.5 Å². The van der Waals surface area contributed by atoms with E-state index in [1.54, 1.807) is 14.0 Å². The zero-order chi connectivity index (χ0) is 14.6. The number of Topliss-reactive ketones (excluding diaryl/α,β-unsaturated/α-hetero) is 1. The first-order valence-electron chi connectivity index (χ1n) is 6.65. The summed E-state index contributed by atoms with van der Waals surface area (Å²) in [5.41, 5.74) is 2.33. The molecule has 3 heteroatoms. The summed E-state index contributed by atoms with van der Waals surface area (Å²) in [7, 11) is 3.71. The van der Waals surface area contributed by atoms with Gasteiger partial charge in [0.2, 0.25) is 0 Å². The lowest BCUT2D eigenvalue weighted by atomic mass is 9.86. The maximum atomic E-state index is 11.1. The number of nitrogens with zero attached hydrogens (tertiary/aromatic N) is 1. The second kappa shape index (κ2) is 6.09. The van der Waals surface area contributed by atoms with Crippen LogP contribution in [0.3, 0.4) is 0 Å². The van der Waals surface area contributed by atoms with Gasteiger partial charge in [0.05, 0.1) is 7.11 Å². The highest BCUT2D eigenvalue weighted by Crippen LogP contribution is 2.34. The number of ether oxygens (including phenoxy) is 1. The zero-order valence-corrected chi connectivity index (χ0v) is 12.9. The van der Waals surface area contributed by atoms with Crippen LogP contribution in [0, 0.1) is 0 Å². The van der Waals surface area contributed by atoms with Gasteiger partial charge in [-0.1, -0.05) is 20.8 Å². The quantitative estimate of drug-likeness (QED) is 0.815. The maximum absolute atomic E-state index is 11.1. The van der Waals surface area contributed by atoms with Gasteiger partial charge in [-0.25, -0.2) is 0 Å². The normalized spacial score (nSPS) is 11.3. The smallest absolute Gasteiger partial charge is 0.131 e. The van der Waals surface area contributed by atoms with E-state index in [0.29, 0.717) is 6.42 Å². The molecule has 0 aliphatic rings. The van der Waals surface area contributed by atoms with Crippen molar-refractivity contribution in [3.63, 3.8) is 0 Å². The van der Waals surface area contributed by atoms with Crippen molar-refractivity contribution < 1.29 is 9.53 Å². The molecule has 0 amide bonds. The van der Waals surface area contributed by atoms with Crippen LogP contribution in [0.2, 0.25) is 0 Å². The summed E-state index contributed by atoms with van der Waals surface area (Å²) in [6.07, 6.45) is 0.577. The Balaban J connectivity index is 3.01. The third-order valence-electron chi connectivity index (χ3n) is 3.23. The Morgan fingerprint density at radius 1 is 1.32 bits per heavy atom. The summed E-state index contributed by atoms with van der Waals surface area (Å²) < 4.78 is 5.43. The van der Waals surface area contributed by atoms with E-state index < -0.39 is 0 Å². The maximum Gasteiger partial charge on any atom is 0.131 e. The van der Waals surface area contributed by atoms with Crippen molar-refractivity contribution in [2.24, 2.45) is 0 Å². The van der Waals surface area contributed by atoms with E-state index in [4.69, 9.17) is 4.74 Å². The molecule has 1 aromatic rings. The molecule has 0 aliphatic carbocycles. The first kappa shape index (κ1) is 15.5. The summed E-state index contributed by atoms with van der Waals surface area (Å²) in [6.45, 7) is 8.88. The van der Waals surface area contributed by atoms with Crippen molar-refractivity contribution in [1.82, 2.24) is 0 Å². The molecule has 0 spiro atoms. The second-order valence-electron chi connectivity index (χ2n) is 6.01. The van der Waals surface area contributed by atoms with Crippen molar-refractivity contribution in [3.8, 4) is 5.75 Å². The lowest BCUT2D eigenvalue weighted by molar-refractivity contribution is -0.116. The first-order chi connectivity index (χ1) is 8.75. The molecule has 0 fully saturated rings. The van der Waals surface area contributed by atoms with E-state index in [-0.39, 0.29) is 11.2 Å². The third-order valence-corrected chi connectivity index (χ3v) is 3.23. The van der Waals surface area contributed by atoms with Gasteiger partial charge in [0.25, 0.3) is 0 Å². The Labute approximate surface area is 116 Å². The number of ketones is 1. The first-order valence-corrected chi connectivity index (χ1v) is 6.65. The lowest BCUT2D eigenvalue weighted by Gasteiger charge is -2.26. The summed E-state index contributed by atoms with van der Waals surface area (Å²) >= 11 is 0. The minimum Gasteiger partial charge on any atom is -0.496 e. The summed E-state index contributed by atoms with van der Waals surface area (Å²) in [6, 6.07) is 6.19. The lowest BCUT2D eigenvalue weighted by Crippen LogP contribution is -2.21. The van der Waals surface area contributed by atoms with Crippen LogP contribution in [0.15, 0.2) is 18.2 Å². The fraction of sp³-hybridized carbons (Fsp3) is 0.562. The van der Waals surface area contributed by atoms with Crippen LogP contribution in [0.25, 0.3) is 0 Å². The number of methoxy groups -OCH3 is 1. The number of hydrogen-bond donors (Lipinski definition) is 0. The van der Waals surface area contributed by atoms with Crippen LogP contribution in [-0.2, 0) is 10.2 Å². The number of carbonyl (C=O) groups is 1. The molecule has 0 heterocycles. The number of hydrogen-bond acceptors (Lipinski definition) is 3. The molecular formula is C16H25NO2. The fourth-order valence-electron chi connectivity index (χ4n) is 1.97. The molecule has 0 atom stereocenters. The van der Waals surface area contributed by atoms with Crippen LogP contribution in [0.5, 0.6) is 5.75 Å². The highest BCUT2D eigenvalue weighted by molar-refractivity contribution is 5.76. The van der Waals surface area contributed by atoms with Gasteiger partial charge in [-0.3, -0.25) is 4.79 Å². The average Bonchev–Trinajstić information content (AvgIpc) is 2.34. The van der Waals surface area contributed by atoms with E-state index in [1.807, 2.05) is 19.2 Å². The highest BCUT2D eigenvalue weighted by Gasteiger charge is 2.20. The fourth-order valence-corrected chi connectivity index (χ4v) is 1.97. The van der Waals surface area contributed by atoms with Gasteiger partial charge in [0.15, 0.2) is 0 Å². The van der Waals surface area contributed by atoms with Gasteiger partial charge in [-0.15, -0.1) is 0 Å². The Kier molecular flexibility index (Phi) is 4.98. The van der Waals surface area contributed by atoms with Crippen molar-refractivity contribution in [1.29, 1.82) is 0 Å². The molecule has 0 bridgehead atoms. The number of rotatable bonds is 5. The Hall–Kier alpha value is -1.51. The van der Waals surface area contributed by atoms with Gasteiger partial charge < -0.3 is 9.64 Å². The summed E-state index contributed by atoms with van der Waals surface area (Å²) in [5.74, 6) is 1.13. The van der Waals surface area contributed by atoms with Gasteiger partial charge in [0, 0.05) is 31.3 Å². The molecular weight excluding hydrogens is 238 g/mol. The van der Waals surface area contributed by atoms with Crippen molar-refractivity contribution >= 4 is 11.5 Å². The van der Waals surface area contributed by atoms with Crippen molar-refractivity contribution in [2.75, 3.05) is 25.6 Å². The summed E-state index contributed by atoms with van der Waals surface area (Å²) in [4.78, 5) is 13.2. The average molecular weight is 263 g/mol. The van der Waals surface area contributed by atoms with Crippen LogP contribution < -0.4 is 9.64 Å². The monoisotopic (exact) mass is 263 g/mol. The molecule has 19 heavy (non-hydrogen) atoms. The predicted octanol–water partition coefficient (Wildman–Crippen LogP) is 3.41. The van der Waals surface area contributed by atoms with E-state index >= 15 is 0 Å². The SMILES string of the molecule is COc1ccc(N(C)CCC(C)=O)cc1C(C)(C)C. The molecule has 0 aliphatic heterocycles. The van der Waals surface area contributed by atoms with Crippen molar-refractivity contribution in [3.05, 3.63) is 23.8 Å². The largest absolute Gasteiger partial charge is 0.496 e. The molecule has 0 saturated heterocycles. The van der Waals surface area contributed by atoms with E-state index in [1.165, 1.54) is 5.56 Å². The van der Waals surface area contributed by atoms with E-state index in [2.05, 4.69) is 31.7 Å². The molecule has 0 radical (unpaired) electrons. The van der Waals surface area contributed by atoms with Gasteiger partial charge in [-0.2, -0.15) is 0 Å². The second-order valence-corrected chi connectivity index (χ2v) is 6.01. The van der Waals surface area contributed by atoms with Crippen LogP contribution in [0.1, 0.15) is 39.7 Å². The topological polar surface area (TPSA) is 29.5 Å². The van der Waals surface area contributed by atoms with Gasteiger partial charge in [-0.05, 0) is 30.5 Å². The minimum absolute atomic E-state index is 0.0305. The molecule has 0 saturated carbocycles. The van der Waals surface area contributed by atoms with E-state index in [0.717, 1.165) is 18.0 Å². The molecule has 1 rings (SSSR count). The minimum atomic E-state index is 0.0305. The van der Waals surface area contributed by atoms with Crippen LogP contribution >= 0.6 is 0 Å². The Morgan fingerprint density at radius 2 is 1.95 bits per heavy atom. The van der Waals surface area contributed by atoms with Gasteiger partial charge >= 0.3 is 0 Å². The molecule has 1 aromatic carbocycles. The number of anilines is 1. The predicted molar refractivity (Wildman–Crippen MR) is 80.3 cm³/mol. The highest BCUT2D eigenvalue weighted by atomic mass is 16.5. The molecule has 3 nitrogen and oxygen atoms in total. The van der Waals surface area contributed by atoms with E-state index in [9.17, 15) is 4.79 Å². The van der Waals surface area contributed by atoms with Crippen LogP contribution in [0.4, 0.5) is 5.69 Å². The molecule has 0 unspecified atom stereocenters. The third kappa shape index (κ3) is 4.27. The molecule has 0 N–H and O–H groups in total. The van der Waals surface area contributed by atoms with Crippen LogP contribution in [-0.4, -0.2) is 26.5 Å². The standard InChI is InChI=1S/C16H25NO2/c1-12(18)9-10-17(5)13-7-8-15(19-6)14(11-13)16(2,3)4/h7-8,11H,9-10H2,1-6H3. The number of carbonyl (C=O) groups excluding carboxylic acids is 1. The number of benzene rings is 1. The summed E-state index contributed by atoms with van der Waals surface area (Å²) in [5, 5.41) is 0. The molecule has 0 aromatic heterocycles.